The van der Waals surface area contributed by atoms with Gasteiger partial charge in [-0.05, 0) is 44.0 Å². The van der Waals surface area contributed by atoms with E-state index in [9.17, 15) is 14.3 Å². The third kappa shape index (κ3) is 3.93. The average molecular weight is 280 g/mol. The smallest absolute Gasteiger partial charge is 0.255 e. The highest BCUT2D eigenvalue weighted by atomic mass is 19.1. The SMILES string of the molecule is CC(CNC(=O)c1ccc(F)cc1O)CN1CCCC1. The number of halogens is 1. The van der Waals surface area contributed by atoms with Crippen LogP contribution in [0.25, 0.3) is 0 Å². The third-order valence-electron chi connectivity index (χ3n) is 3.58. The first-order valence-electron chi connectivity index (χ1n) is 7.05. The summed E-state index contributed by atoms with van der Waals surface area (Å²) in [5.41, 5.74) is 0.111. The molecule has 1 aliphatic heterocycles. The highest BCUT2D eigenvalue weighted by molar-refractivity contribution is 5.96. The molecule has 1 amide bonds. The summed E-state index contributed by atoms with van der Waals surface area (Å²) < 4.78 is 12.9. The van der Waals surface area contributed by atoms with E-state index in [1.807, 2.05) is 0 Å². The van der Waals surface area contributed by atoms with Gasteiger partial charge in [0, 0.05) is 19.2 Å². The number of likely N-dealkylation sites (tertiary alicyclic amines) is 1. The van der Waals surface area contributed by atoms with Crippen molar-refractivity contribution in [2.45, 2.75) is 19.8 Å². The van der Waals surface area contributed by atoms with E-state index in [0.29, 0.717) is 12.5 Å². The van der Waals surface area contributed by atoms with E-state index in [0.717, 1.165) is 25.7 Å². The van der Waals surface area contributed by atoms with Crippen molar-refractivity contribution in [1.82, 2.24) is 10.2 Å². The Morgan fingerprint density at radius 2 is 2.15 bits per heavy atom. The Balaban J connectivity index is 1.81. The molecule has 0 spiro atoms. The Labute approximate surface area is 118 Å². The quantitative estimate of drug-likeness (QED) is 0.867. The average Bonchev–Trinajstić information content (AvgIpc) is 2.89. The Morgan fingerprint density at radius 1 is 1.45 bits per heavy atom. The molecule has 2 rings (SSSR count). The fourth-order valence-electron chi connectivity index (χ4n) is 2.53. The third-order valence-corrected chi connectivity index (χ3v) is 3.58. The van der Waals surface area contributed by atoms with Crippen LogP contribution in [0.15, 0.2) is 18.2 Å². The second-order valence-electron chi connectivity index (χ2n) is 5.48. The van der Waals surface area contributed by atoms with Crippen molar-refractivity contribution in [2.24, 2.45) is 5.92 Å². The molecule has 0 radical (unpaired) electrons. The topological polar surface area (TPSA) is 52.6 Å². The normalized spacial score (nSPS) is 17.1. The molecule has 1 aromatic rings. The molecule has 1 aromatic carbocycles. The first-order valence-corrected chi connectivity index (χ1v) is 7.05. The molecule has 1 atom stereocenters. The lowest BCUT2D eigenvalue weighted by atomic mass is 10.1. The predicted octanol–water partition coefficient (Wildman–Crippen LogP) is 1.99. The molecule has 5 heteroatoms. The summed E-state index contributed by atoms with van der Waals surface area (Å²) >= 11 is 0. The number of hydrogen-bond donors (Lipinski definition) is 2. The van der Waals surface area contributed by atoms with Gasteiger partial charge < -0.3 is 15.3 Å². The molecule has 1 unspecified atom stereocenters. The van der Waals surface area contributed by atoms with Crippen LogP contribution in [-0.4, -0.2) is 42.1 Å². The molecule has 4 nitrogen and oxygen atoms in total. The second-order valence-corrected chi connectivity index (χ2v) is 5.48. The van der Waals surface area contributed by atoms with E-state index in [4.69, 9.17) is 0 Å². The molecule has 1 saturated heterocycles. The highest BCUT2D eigenvalue weighted by Crippen LogP contribution is 2.18. The zero-order valence-corrected chi connectivity index (χ0v) is 11.7. The summed E-state index contributed by atoms with van der Waals surface area (Å²) in [6.45, 7) is 5.87. The molecule has 20 heavy (non-hydrogen) atoms. The first kappa shape index (κ1) is 14.8. The highest BCUT2D eigenvalue weighted by Gasteiger charge is 2.16. The molecule has 1 heterocycles. The zero-order valence-electron chi connectivity index (χ0n) is 11.7. The number of benzene rings is 1. The Kier molecular flexibility index (Phi) is 4.95. The molecular formula is C15H21FN2O2. The molecule has 0 saturated carbocycles. The predicted molar refractivity (Wildman–Crippen MR) is 75.2 cm³/mol. The summed E-state index contributed by atoms with van der Waals surface area (Å²) in [6.07, 6.45) is 2.51. The number of nitrogens with one attached hydrogen (secondary N) is 1. The summed E-state index contributed by atoms with van der Waals surface area (Å²) in [4.78, 5) is 14.3. The van der Waals surface area contributed by atoms with Crippen LogP contribution in [0.2, 0.25) is 0 Å². The van der Waals surface area contributed by atoms with Crippen LogP contribution < -0.4 is 5.32 Å². The number of rotatable bonds is 5. The van der Waals surface area contributed by atoms with Crippen molar-refractivity contribution in [3.05, 3.63) is 29.6 Å². The number of nitrogens with zero attached hydrogens (tertiary/aromatic N) is 1. The van der Waals surface area contributed by atoms with Crippen LogP contribution >= 0.6 is 0 Å². The summed E-state index contributed by atoms with van der Waals surface area (Å²) in [7, 11) is 0. The second kappa shape index (κ2) is 6.70. The number of phenolic OH excluding ortho intramolecular Hbond substituents is 1. The van der Waals surface area contributed by atoms with Crippen LogP contribution in [0.3, 0.4) is 0 Å². The molecule has 0 aliphatic carbocycles. The van der Waals surface area contributed by atoms with Crippen molar-refractivity contribution in [3.63, 3.8) is 0 Å². The van der Waals surface area contributed by atoms with Crippen molar-refractivity contribution < 1.29 is 14.3 Å². The van der Waals surface area contributed by atoms with Crippen molar-refractivity contribution in [2.75, 3.05) is 26.2 Å². The molecule has 110 valence electrons. The number of hydrogen-bond acceptors (Lipinski definition) is 3. The van der Waals surface area contributed by atoms with E-state index in [2.05, 4.69) is 17.1 Å². The van der Waals surface area contributed by atoms with Gasteiger partial charge >= 0.3 is 0 Å². The van der Waals surface area contributed by atoms with Gasteiger partial charge in [-0.1, -0.05) is 6.92 Å². The van der Waals surface area contributed by atoms with Crippen molar-refractivity contribution in [3.8, 4) is 5.75 Å². The minimum Gasteiger partial charge on any atom is -0.507 e. The van der Waals surface area contributed by atoms with Gasteiger partial charge in [-0.25, -0.2) is 4.39 Å². The lowest BCUT2D eigenvalue weighted by Crippen LogP contribution is -2.34. The van der Waals surface area contributed by atoms with E-state index in [1.54, 1.807) is 0 Å². The van der Waals surface area contributed by atoms with Crippen LogP contribution in [0.1, 0.15) is 30.1 Å². The Bertz CT molecular complexity index is 473. The first-order chi connectivity index (χ1) is 9.56. The van der Waals surface area contributed by atoms with Gasteiger partial charge in [0.2, 0.25) is 0 Å². The Morgan fingerprint density at radius 3 is 2.80 bits per heavy atom. The van der Waals surface area contributed by atoms with E-state index < -0.39 is 5.82 Å². The van der Waals surface area contributed by atoms with Crippen LogP contribution in [0.4, 0.5) is 4.39 Å². The monoisotopic (exact) mass is 280 g/mol. The summed E-state index contributed by atoms with van der Waals surface area (Å²) in [6, 6.07) is 3.41. The lowest BCUT2D eigenvalue weighted by molar-refractivity contribution is 0.0942. The molecule has 0 aromatic heterocycles. The zero-order chi connectivity index (χ0) is 14.5. The van der Waals surface area contributed by atoms with Gasteiger partial charge in [0.05, 0.1) is 5.56 Å². The number of amides is 1. The maximum atomic E-state index is 12.9. The molecule has 1 fully saturated rings. The number of phenols is 1. The molecule has 0 bridgehead atoms. The number of carbonyl (C=O) groups is 1. The van der Waals surface area contributed by atoms with Gasteiger partial charge in [0.1, 0.15) is 11.6 Å². The largest absolute Gasteiger partial charge is 0.507 e. The fourth-order valence-corrected chi connectivity index (χ4v) is 2.53. The van der Waals surface area contributed by atoms with Crippen molar-refractivity contribution >= 4 is 5.91 Å². The minimum absolute atomic E-state index is 0.111. The standard InChI is InChI=1S/C15H21FN2O2/c1-11(10-18-6-2-3-7-18)9-17-15(20)13-5-4-12(16)8-14(13)19/h4-5,8,11,19H,2-3,6-7,9-10H2,1H3,(H,17,20). The van der Waals surface area contributed by atoms with Crippen LogP contribution in [-0.2, 0) is 0 Å². The molecular weight excluding hydrogens is 259 g/mol. The summed E-state index contributed by atoms with van der Waals surface area (Å²) in [5, 5.41) is 12.3. The fraction of sp³-hybridized carbons (Fsp3) is 0.533. The minimum atomic E-state index is -0.554. The van der Waals surface area contributed by atoms with Crippen LogP contribution in [0.5, 0.6) is 5.75 Å². The van der Waals surface area contributed by atoms with Gasteiger partial charge in [0.15, 0.2) is 0 Å². The van der Waals surface area contributed by atoms with E-state index in [1.165, 1.54) is 25.0 Å². The van der Waals surface area contributed by atoms with Gasteiger partial charge in [-0.15, -0.1) is 0 Å². The van der Waals surface area contributed by atoms with E-state index in [-0.39, 0.29) is 17.2 Å². The van der Waals surface area contributed by atoms with Crippen molar-refractivity contribution in [1.29, 1.82) is 0 Å². The van der Waals surface area contributed by atoms with E-state index >= 15 is 0 Å². The van der Waals surface area contributed by atoms with Crippen LogP contribution in [0, 0.1) is 11.7 Å². The van der Waals surface area contributed by atoms with Gasteiger partial charge in [-0.2, -0.15) is 0 Å². The maximum Gasteiger partial charge on any atom is 0.255 e. The summed E-state index contributed by atoms with van der Waals surface area (Å²) in [5.74, 6) is -0.897. The van der Waals surface area contributed by atoms with Gasteiger partial charge in [0.25, 0.3) is 5.91 Å². The lowest BCUT2D eigenvalue weighted by Gasteiger charge is -2.20. The van der Waals surface area contributed by atoms with Gasteiger partial charge in [-0.3, -0.25) is 4.79 Å². The maximum absolute atomic E-state index is 12.9. The number of carbonyl (C=O) groups excluding carboxylic acids is 1. The molecule has 1 aliphatic rings. The number of aromatic hydroxyl groups is 1. The molecule has 2 N–H and O–H groups in total. The Hall–Kier alpha value is -1.62.